The minimum absolute atomic E-state index is 0.219. The molecule has 1 N–H and O–H groups in total. The van der Waals surface area contributed by atoms with E-state index in [1.54, 1.807) is 6.92 Å². The fraction of sp³-hybridized carbons (Fsp3) is 0.526. The zero-order valence-electron chi connectivity index (χ0n) is 15.8. The van der Waals surface area contributed by atoms with Crippen LogP contribution in [0.1, 0.15) is 69.2 Å². The van der Waals surface area contributed by atoms with Crippen LogP contribution in [0.2, 0.25) is 0 Å². The summed E-state index contributed by atoms with van der Waals surface area (Å²) in [5.41, 5.74) is 3.70. The van der Waals surface area contributed by atoms with E-state index in [-0.39, 0.29) is 11.9 Å². The second-order valence-electron chi connectivity index (χ2n) is 6.45. The smallest absolute Gasteiger partial charge is 0.341 e. The van der Waals surface area contributed by atoms with Crippen molar-refractivity contribution in [3.8, 4) is 0 Å². The largest absolute Gasteiger partial charge is 0.462 e. The monoisotopic (exact) mass is 375 g/mol. The summed E-state index contributed by atoms with van der Waals surface area (Å²) >= 11 is 1.50. The summed E-state index contributed by atoms with van der Waals surface area (Å²) in [6.07, 6.45) is 3.99. The van der Waals surface area contributed by atoms with Gasteiger partial charge >= 0.3 is 5.97 Å². The third-order valence-corrected chi connectivity index (χ3v) is 5.99. The fourth-order valence-corrected chi connectivity index (χ4v) is 4.84. The highest BCUT2D eigenvalue weighted by molar-refractivity contribution is 7.17. The molecule has 0 aromatic carbocycles. The average molecular weight is 375 g/mol. The topological polar surface area (TPSA) is 73.2 Å². The Hall–Kier alpha value is -2.15. The summed E-state index contributed by atoms with van der Waals surface area (Å²) < 4.78 is 7.06. The van der Waals surface area contributed by atoms with Gasteiger partial charge in [-0.3, -0.25) is 9.48 Å². The number of amides is 1. The van der Waals surface area contributed by atoms with Gasteiger partial charge in [0, 0.05) is 17.1 Å². The Morgan fingerprint density at radius 3 is 2.58 bits per heavy atom. The molecule has 0 atom stereocenters. The minimum Gasteiger partial charge on any atom is -0.462 e. The van der Waals surface area contributed by atoms with Gasteiger partial charge in [-0.1, -0.05) is 0 Å². The number of carbonyl (C=O) groups excluding carboxylic acids is 2. The van der Waals surface area contributed by atoms with E-state index in [9.17, 15) is 9.59 Å². The molecule has 7 heteroatoms. The van der Waals surface area contributed by atoms with Gasteiger partial charge in [0.1, 0.15) is 5.00 Å². The van der Waals surface area contributed by atoms with Crippen molar-refractivity contribution in [2.75, 3.05) is 11.9 Å². The SMILES string of the molecule is CCOC(=O)c1c(NC(=O)c2c(C)nn(CC)c2C)sc2c1CCCC2. The number of thiophene rings is 1. The molecule has 0 aliphatic heterocycles. The highest BCUT2D eigenvalue weighted by atomic mass is 32.1. The Balaban J connectivity index is 1.97. The van der Waals surface area contributed by atoms with Crippen LogP contribution >= 0.6 is 11.3 Å². The maximum atomic E-state index is 12.9. The van der Waals surface area contributed by atoms with Crippen LogP contribution in [0.15, 0.2) is 0 Å². The number of ether oxygens (including phenoxy) is 1. The van der Waals surface area contributed by atoms with Crippen LogP contribution in [0.5, 0.6) is 0 Å². The molecule has 0 saturated heterocycles. The van der Waals surface area contributed by atoms with Crippen molar-refractivity contribution in [1.82, 2.24) is 9.78 Å². The number of nitrogens with one attached hydrogen (secondary N) is 1. The van der Waals surface area contributed by atoms with Crippen molar-refractivity contribution in [3.05, 3.63) is 33.0 Å². The lowest BCUT2D eigenvalue weighted by atomic mass is 9.95. The molecule has 0 spiro atoms. The summed E-state index contributed by atoms with van der Waals surface area (Å²) in [6, 6.07) is 0. The van der Waals surface area contributed by atoms with Crippen LogP contribution in [0.4, 0.5) is 5.00 Å². The number of esters is 1. The number of anilines is 1. The number of carbonyl (C=O) groups is 2. The number of hydrogen-bond donors (Lipinski definition) is 1. The summed E-state index contributed by atoms with van der Waals surface area (Å²) in [5, 5.41) is 7.98. The van der Waals surface area contributed by atoms with Gasteiger partial charge in [0.05, 0.1) is 23.4 Å². The van der Waals surface area contributed by atoms with Crippen LogP contribution in [-0.2, 0) is 24.1 Å². The molecular formula is C19H25N3O3S. The molecule has 0 fully saturated rings. The Morgan fingerprint density at radius 2 is 1.92 bits per heavy atom. The zero-order chi connectivity index (χ0) is 18.8. The van der Waals surface area contributed by atoms with Gasteiger partial charge in [-0.2, -0.15) is 5.10 Å². The van der Waals surface area contributed by atoms with Crippen molar-refractivity contribution in [1.29, 1.82) is 0 Å². The first-order valence-electron chi connectivity index (χ1n) is 9.14. The van der Waals surface area contributed by atoms with Gasteiger partial charge in [-0.25, -0.2) is 4.79 Å². The van der Waals surface area contributed by atoms with E-state index in [1.807, 2.05) is 25.5 Å². The van der Waals surface area contributed by atoms with Gasteiger partial charge in [-0.15, -0.1) is 11.3 Å². The van der Waals surface area contributed by atoms with Crippen LogP contribution in [0.25, 0.3) is 0 Å². The quantitative estimate of drug-likeness (QED) is 0.805. The van der Waals surface area contributed by atoms with Crippen LogP contribution < -0.4 is 5.32 Å². The molecule has 0 saturated carbocycles. The number of fused-ring (bicyclic) bond motifs is 1. The minimum atomic E-state index is -0.347. The maximum Gasteiger partial charge on any atom is 0.341 e. The van der Waals surface area contributed by atoms with Gasteiger partial charge in [0.15, 0.2) is 0 Å². The molecule has 1 aliphatic rings. The maximum absolute atomic E-state index is 12.9. The Labute approximate surface area is 157 Å². The molecular weight excluding hydrogens is 350 g/mol. The lowest BCUT2D eigenvalue weighted by Gasteiger charge is -2.12. The van der Waals surface area contributed by atoms with E-state index in [0.717, 1.165) is 36.9 Å². The van der Waals surface area contributed by atoms with Crippen LogP contribution in [-0.4, -0.2) is 28.3 Å². The lowest BCUT2D eigenvalue weighted by molar-refractivity contribution is 0.0526. The molecule has 2 aromatic rings. The number of rotatable bonds is 5. The standard InChI is InChI=1S/C19H25N3O3S/c1-5-22-12(4)15(11(3)21-22)17(23)20-18-16(19(24)25-6-2)13-9-7-8-10-14(13)26-18/h5-10H2,1-4H3,(H,20,23). The molecule has 1 amide bonds. The van der Waals surface area contributed by atoms with E-state index in [4.69, 9.17) is 4.74 Å². The molecule has 0 unspecified atom stereocenters. The predicted octanol–water partition coefficient (Wildman–Crippen LogP) is 3.89. The van der Waals surface area contributed by atoms with Crippen molar-refractivity contribution >= 4 is 28.2 Å². The Kier molecular flexibility index (Phi) is 5.46. The molecule has 6 nitrogen and oxygen atoms in total. The summed E-state index contributed by atoms with van der Waals surface area (Å²) in [4.78, 5) is 26.6. The molecule has 2 heterocycles. The average Bonchev–Trinajstić information content (AvgIpc) is 3.11. The van der Waals surface area contributed by atoms with Gasteiger partial charge in [0.25, 0.3) is 5.91 Å². The second kappa shape index (κ2) is 7.61. The summed E-state index contributed by atoms with van der Waals surface area (Å²) in [6.45, 7) is 8.54. The lowest BCUT2D eigenvalue weighted by Crippen LogP contribution is -2.17. The van der Waals surface area contributed by atoms with E-state index in [0.29, 0.717) is 35.0 Å². The highest BCUT2D eigenvalue weighted by Crippen LogP contribution is 2.39. The molecule has 0 bridgehead atoms. The molecule has 1 aliphatic carbocycles. The zero-order valence-corrected chi connectivity index (χ0v) is 16.6. The van der Waals surface area contributed by atoms with Crippen LogP contribution in [0, 0.1) is 13.8 Å². The number of aromatic nitrogens is 2. The van der Waals surface area contributed by atoms with E-state index >= 15 is 0 Å². The first-order valence-corrected chi connectivity index (χ1v) is 9.96. The van der Waals surface area contributed by atoms with Crippen molar-refractivity contribution in [3.63, 3.8) is 0 Å². The van der Waals surface area contributed by atoms with Crippen molar-refractivity contribution in [2.24, 2.45) is 0 Å². The third-order valence-electron chi connectivity index (χ3n) is 4.79. The van der Waals surface area contributed by atoms with Gasteiger partial charge in [0.2, 0.25) is 0 Å². The molecule has 140 valence electrons. The first kappa shape index (κ1) is 18.6. The van der Waals surface area contributed by atoms with Crippen LogP contribution in [0.3, 0.4) is 0 Å². The van der Waals surface area contributed by atoms with Crippen molar-refractivity contribution < 1.29 is 14.3 Å². The predicted molar refractivity (Wildman–Crippen MR) is 102 cm³/mol. The fourth-order valence-electron chi connectivity index (χ4n) is 3.57. The molecule has 0 radical (unpaired) electrons. The van der Waals surface area contributed by atoms with Crippen molar-refractivity contribution in [2.45, 2.75) is 59.9 Å². The number of nitrogens with zero attached hydrogens (tertiary/aromatic N) is 2. The first-order chi connectivity index (χ1) is 12.5. The third kappa shape index (κ3) is 3.28. The van der Waals surface area contributed by atoms with E-state index in [1.165, 1.54) is 16.2 Å². The normalized spacial score (nSPS) is 13.4. The van der Waals surface area contributed by atoms with E-state index in [2.05, 4.69) is 10.4 Å². The number of aryl methyl sites for hydroxylation is 3. The Bertz CT molecular complexity index is 851. The highest BCUT2D eigenvalue weighted by Gasteiger charge is 2.28. The van der Waals surface area contributed by atoms with Gasteiger partial charge < -0.3 is 10.1 Å². The Morgan fingerprint density at radius 1 is 1.19 bits per heavy atom. The van der Waals surface area contributed by atoms with E-state index < -0.39 is 0 Å². The molecule has 3 rings (SSSR count). The number of hydrogen-bond acceptors (Lipinski definition) is 5. The molecule has 26 heavy (non-hydrogen) atoms. The van der Waals surface area contributed by atoms with Gasteiger partial charge in [-0.05, 0) is 58.9 Å². The summed E-state index contributed by atoms with van der Waals surface area (Å²) in [5.74, 6) is -0.566. The second-order valence-corrected chi connectivity index (χ2v) is 7.56. The summed E-state index contributed by atoms with van der Waals surface area (Å²) in [7, 11) is 0. The molecule has 2 aromatic heterocycles.